The minimum Gasteiger partial charge on any atom is -0.486 e. The van der Waals surface area contributed by atoms with Crippen molar-refractivity contribution in [2.75, 3.05) is 13.2 Å². The van der Waals surface area contributed by atoms with E-state index >= 15 is 0 Å². The van der Waals surface area contributed by atoms with Crippen LogP contribution in [-0.4, -0.2) is 57.5 Å². The highest BCUT2D eigenvalue weighted by Crippen LogP contribution is 2.19. The Labute approximate surface area is 137 Å². The van der Waals surface area contributed by atoms with E-state index in [4.69, 9.17) is 14.6 Å². The van der Waals surface area contributed by atoms with Crippen molar-refractivity contribution in [3.05, 3.63) is 42.0 Å². The Morgan fingerprint density at radius 2 is 2.12 bits per heavy atom. The van der Waals surface area contributed by atoms with E-state index in [1.807, 2.05) is 0 Å². The Hall–Kier alpha value is -2.94. The summed E-state index contributed by atoms with van der Waals surface area (Å²) < 4.78 is 11.3. The SMILES string of the molecule is O=C(O)c1ccc(O[C@@H]2COCC[C@H]2NC(=O)c2ncn[nH]2)cc1. The number of hydrogen-bond acceptors (Lipinski definition) is 6. The van der Waals surface area contributed by atoms with E-state index in [-0.39, 0.29) is 29.4 Å². The summed E-state index contributed by atoms with van der Waals surface area (Å²) in [5.41, 5.74) is 0.178. The molecular formula is C15H16N4O5. The molecule has 1 aromatic heterocycles. The first-order valence-corrected chi connectivity index (χ1v) is 7.37. The van der Waals surface area contributed by atoms with E-state index in [1.54, 1.807) is 12.1 Å². The van der Waals surface area contributed by atoms with Crippen LogP contribution in [0.15, 0.2) is 30.6 Å². The first-order valence-electron chi connectivity index (χ1n) is 7.37. The molecule has 0 radical (unpaired) electrons. The van der Waals surface area contributed by atoms with Gasteiger partial charge in [-0.15, -0.1) is 0 Å². The number of aromatic carboxylic acids is 1. The normalized spacial score (nSPS) is 20.3. The van der Waals surface area contributed by atoms with Crippen LogP contribution in [0.25, 0.3) is 0 Å². The lowest BCUT2D eigenvalue weighted by Gasteiger charge is -2.32. The van der Waals surface area contributed by atoms with Crippen molar-refractivity contribution in [2.45, 2.75) is 18.6 Å². The van der Waals surface area contributed by atoms with Crippen molar-refractivity contribution < 1.29 is 24.2 Å². The Morgan fingerprint density at radius 1 is 1.33 bits per heavy atom. The fourth-order valence-corrected chi connectivity index (χ4v) is 2.40. The quantitative estimate of drug-likeness (QED) is 0.726. The van der Waals surface area contributed by atoms with Gasteiger partial charge in [0.25, 0.3) is 5.91 Å². The van der Waals surface area contributed by atoms with Crippen LogP contribution in [-0.2, 0) is 4.74 Å². The molecule has 1 aliphatic rings. The molecule has 2 aromatic rings. The van der Waals surface area contributed by atoms with Crippen molar-refractivity contribution in [1.29, 1.82) is 0 Å². The third-order valence-electron chi connectivity index (χ3n) is 3.64. The van der Waals surface area contributed by atoms with E-state index in [0.717, 1.165) is 0 Å². The highest BCUT2D eigenvalue weighted by Gasteiger charge is 2.29. The van der Waals surface area contributed by atoms with Gasteiger partial charge in [-0.1, -0.05) is 0 Å². The molecule has 1 amide bonds. The van der Waals surface area contributed by atoms with Crippen molar-refractivity contribution in [2.24, 2.45) is 0 Å². The molecule has 0 aliphatic carbocycles. The number of carbonyl (C=O) groups is 2. The van der Waals surface area contributed by atoms with Gasteiger partial charge in [0, 0.05) is 6.61 Å². The topological polar surface area (TPSA) is 126 Å². The molecule has 24 heavy (non-hydrogen) atoms. The summed E-state index contributed by atoms with van der Waals surface area (Å²) in [6.07, 6.45) is 1.47. The van der Waals surface area contributed by atoms with Gasteiger partial charge in [-0.3, -0.25) is 9.89 Å². The lowest BCUT2D eigenvalue weighted by molar-refractivity contribution is -0.0136. The molecule has 3 rings (SSSR count). The number of hydrogen-bond donors (Lipinski definition) is 3. The van der Waals surface area contributed by atoms with Crippen molar-refractivity contribution >= 4 is 11.9 Å². The van der Waals surface area contributed by atoms with Crippen LogP contribution in [0.2, 0.25) is 0 Å². The third kappa shape index (κ3) is 3.69. The fourth-order valence-electron chi connectivity index (χ4n) is 2.40. The van der Waals surface area contributed by atoms with Crippen LogP contribution in [0, 0.1) is 0 Å². The number of rotatable bonds is 5. The predicted octanol–water partition coefficient (Wildman–Crippen LogP) is 0.469. The molecule has 2 atom stereocenters. The molecular weight excluding hydrogens is 316 g/mol. The Morgan fingerprint density at radius 3 is 2.79 bits per heavy atom. The van der Waals surface area contributed by atoms with Crippen LogP contribution < -0.4 is 10.1 Å². The highest BCUT2D eigenvalue weighted by atomic mass is 16.5. The minimum absolute atomic E-state index is 0.131. The van der Waals surface area contributed by atoms with E-state index < -0.39 is 5.97 Å². The first kappa shape index (κ1) is 15.9. The highest BCUT2D eigenvalue weighted by molar-refractivity contribution is 5.90. The van der Waals surface area contributed by atoms with Gasteiger partial charge in [-0.05, 0) is 30.7 Å². The largest absolute Gasteiger partial charge is 0.486 e. The summed E-state index contributed by atoms with van der Waals surface area (Å²) in [7, 11) is 0. The Bertz CT molecular complexity index is 701. The molecule has 9 nitrogen and oxygen atoms in total. The summed E-state index contributed by atoms with van der Waals surface area (Å²) in [4.78, 5) is 26.8. The van der Waals surface area contributed by atoms with E-state index in [1.165, 1.54) is 18.5 Å². The zero-order valence-electron chi connectivity index (χ0n) is 12.6. The maximum Gasteiger partial charge on any atom is 0.335 e. The average molecular weight is 332 g/mol. The molecule has 1 aromatic carbocycles. The minimum atomic E-state index is -1.00. The smallest absolute Gasteiger partial charge is 0.335 e. The van der Waals surface area contributed by atoms with Crippen LogP contribution in [0.3, 0.4) is 0 Å². The van der Waals surface area contributed by atoms with Gasteiger partial charge >= 0.3 is 5.97 Å². The number of carboxylic acids is 1. The number of nitrogens with one attached hydrogen (secondary N) is 2. The molecule has 0 saturated carbocycles. The number of carbonyl (C=O) groups excluding carboxylic acids is 1. The Balaban J connectivity index is 1.65. The van der Waals surface area contributed by atoms with E-state index in [2.05, 4.69) is 20.5 Å². The summed E-state index contributed by atoms with van der Waals surface area (Å²) in [5, 5.41) is 17.9. The third-order valence-corrected chi connectivity index (χ3v) is 3.64. The predicted molar refractivity (Wildman–Crippen MR) is 80.9 cm³/mol. The van der Waals surface area contributed by atoms with Gasteiger partial charge in [0.05, 0.1) is 18.2 Å². The van der Waals surface area contributed by atoms with E-state index in [0.29, 0.717) is 25.4 Å². The van der Waals surface area contributed by atoms with Gasteiger partial charge < -0.3 is 19.9 Å². The number of benzene rings is 1. The van der Waals surface area contributed by atoms with E-state index in [9.17, 15) is 9.59 Å². The van der Waals surface area contributed by atoms with Crippen LogP contribution in [0.5, 0.6) is 5.75 Å². The van der Waals surface area contributed by atoms with Gasteiger partial charge in [-0.25, -0.2) is 9.78 Å². The molecule has 3 N–H and O–H groups in total. The second-order valence-corrected chi connectivity index (χ2v) is 5.26. The zero-order chi connectivity index (χ0) is 16.9. The van der Waals surface area contributed by atoms with Crippen LogP contribution in [0.4, 0.5) is 0 Å². The average Bonchev–Trinajstić information content (AvgIpc) is 3.12. The first-order chi connectivity index (χ1) is 11.6. The number of amides is 1. The molecule has 0 bridgehead atoms. The van der Waals surface area contributed by atoms with Crippen LogP contribution >= 0.6 is 0 Å². The van der Waals surface area contributed by atoms with Crippen LogP contribution in [0.1, 0.15) is 27.4 Å². The summed E-state index contributed by atoms with van der Waals surface area (Å²) in [6.45, 7) is 0.835. The summed E-state index contributed by atoms with van der Waals surface area (Å²) in [5.74, 6) is -0.727. The molecule has 0 spiro atoms. The summed E-state index contributed by atoms with van der Waals surface area (Å²) in [6, 6.07) is 5.82. The molecule has 2 heterocycles. The standard InChI is InChI=1S/C15H16N4O5/c20-14(13-16-8-17-19-13)18-11-5-6-23-7-12(11)24-10-3-1-9(2-4-10)15(21)22/h1-4,8,11-12H,5-7H2,(H,18,20)(H,21,22)(H,16,17,19)/t11-,12-/m1/s1. The molecule has 0 unspecified atom stereocenters. The molecule has 1 saturated heterocycles. The maximum atomic E-state index is 12.1. The lowest BCUT2D eigenvalue weighted by Crippen LogP contribution is -2.51. The number of nitrogens with zero attached hydrogens (tertiary/aromatic N) is 2. The fraction of sp³-hybridized carbons (Fsp3) is 0.333. The second-order valence-electron chi connectivity index (χ2n) is 5.26. The van der Waals surface area contributed by atoms with Gasteiger partial charge in [0.2, 0.25) is 5.82 Å². The zero-order valence-corrected chi connectivity index (χ0v) is 12.6. The van der Waals surface area contributed by atoms with Gasteiger partial charge in [0.15, 0.2) is 0 Å². The molecule has 1 aliphatic heterocycles. The second kappa shape index (κ2) is 7.09. The van der Waals surface area contributed by atoms with Gasteiger partial charge in [0.1, 0.15) is 18.2 Å². The number of aromatic nitrogens is 3. The number of H-pyrrole nitrogens is 1. The molecule has 126 valence electrons. The Kier molecular flexibility index (Phi) is 4.71. The van der Waals surface area contributed by atoms with Crippen molar-refractivity contribution in [3.63, 3.8) is 0 Å². The van der Waals surface area contributed by atoms with Gasteiger partial charge in [-0.2, -0.15) is 5.10 Å². The monoisotopic (exact) mass is 332 g/mol. The number of ether oxygens (including phenoxy) is 2. The number of carboxylic acid groups (broad SMARTS) is 1. The maximum absolute atomic E-state index is 12.1. The molecule has 9 heteroatoms. The van der Waals surface area contributed by atoms with Crippen molar-refractivity contribution in [3.8, 4) is 5.75 Å². The van der Waals surface area contributed by atoms with Crippen molar-refractivity contribution in [1.82, 2.24) is 20.5 Å². The number of aromatic amines is 1. The lowest BCUT2D eigenvalue weighted by atomic mass is 10.1. The molecule has 1 fully saturated rings. The summed E-state index contributed by atoms with van der Waals surface area (Å²) >= 11 is 0.